The predicted octanol–water partition coefficient (Wildman–Crippen LogP) is 3.09. The van der Waals surface area contributed by atoms with E-state index in [4.69, 9.17) is 0 Å². The van der Waals surface area contributed by atoms with E-state index in [9.17, 15) is 0 Å². The van der Waals surface area contributed by atoms with Gasteiger partial charge in [0, 0.05) is 19.5 Å². The molecule has 0 bridgehead atoms. The Morgan fingerprint density at radius 2 is 0.800 bits per heavy atom. The quantitative estimate of drug-likeness (QED) is 0.456. The fraction of sp³-hybridized carbons (Fsp3) is 0.500. The van der Waals surface area contributed by atoms with Crippen molar-refractivity contribution in [2.24, 2.45) is 0 Å². The monoisotopic (exact) mass is 247 g/mol. The molecule has 1 aliphatic rings. The summed E-state index contributed by atoms with van der Waals surface area (Å²) in [5, 5.41) is 0. The molecule has 1 radical (unpaired) electrons. The maximum absolute atomic E-state index is 2.27. The molecular formula is C8H13ClRh. The van der Waals surface area contributed by atoms with Crippen LogP contribution in [0.1, 0.15) is 25.7 Å². The van der Waals surface area contributed by atoms with E-state index in [1.54, 1.807) is 0 Å². The first-order chi connectivity index (χ1) is 4.00. The van der Waals surface area contributed by atoms with Gasteiger partial charge in [0.2, 0.25) is 0 Å². The number of rotatable bonds is 0. The fourth-order valence-corrected chi connectivity index (χ4v) is 0.856. The van der Waals surface area contributed by atoms with Crippen LogP contribution < -0.4 is 0 Å². The summed E-state index contributed by atoms with van der Waals surface area (Å²) in [5.74, 6) is 0. The number of hydrogen-bond donors (Lipinski definition) is 0. The third-order valence-corrected chi connectivity index (χ3v) is 1.33. The van der Waals surface area contributed by atoms with E-state index in [2.05, 4.69) is 24.3 Å². The summed E-state index contributed by atoms with van der Waals surface area (Å²) in [5.41, 5.74) is 0. The van der Waals surface area contributed by atoms with Gasteiger partial charge in [0.15, 0.2) is 0 Å². The van der Waals surface area contributed by atoms with Crippen molar-refractivity contribution in [3.05, 3.63) is 24.3 Å². The van der Waals surface area contributed by atoms with Crippen molar-refractivity contribution in [3.63, 3.8) is 0 Å². The molecule has 1 rings (SSSR count). The Bertz CT molecular complexity index is 81.8. The molecule has 0 unspecified atom stereocenters. The molecule has 0 saturated heterocycles. The van der Waals surface area contributed by atoms with Crippen molar-refractivity contribution in [3.8, 4) is 0 Å². The Kier molecular flexibility index (Phi) is 12.2. The van der Waals surface area contributed by atoms with Crippen LogP contribution in [0.4, 0.5) is 0 Å². The van der Waals surface area contributed by atoms with Gasteiger partial charge in [-0.1, -0.05) is 24.3 Å². The summed E-state index contributed by atoms with van der Waals surface area (Å²) in [7, 11) is 0. The first kappa shape index (κ1) is 13.0. The van der Waals surface area contributed by atoms with Gasteiger partial charge >= 0.3 is 0 Å². The second kappa shape index (κ2) is 9.39. The van der Waals surface area contributed by atoms with Gasteiger partial charge in [0.1, 0.15) is 0 Å². The summed E-state index contributed by atoms with van der Waals surface area (Å²) in [6.07, 6.45) is 14.0. The van der Waals surface area contributed by atoms with Crippen molar-refractivity contribution in [1.82, 2.24) is 0 Å². The maximum Gasteiger partial charge on any atom is 0 e. The second-order valence-corrected chi connectivity index (χ2v) is 2.10. The molecule has 0 aromatic heterocycles. The minimum atomic E-state index is 0. The summed E-state index contributed by atoms with van der Waals surface area (Å²) in [4.78, 5) is 0. The van der Waals surface area contributed by atoms with Gasteiger partial charge < -0.3 is 0 Å². The molecule has 0 aromatic rings. The summed E-state index contributed by atoms with van der Waals surface area (Å²) < 4.78 is 0. The van der Waals surface area contributed by atoms with Gasteiger partial charge in [0.25, 0.3) is 0 Å². The van der Waals surface area contributed by atoms with Crippen molar-refractivity contribution in [2.75, 3.05) is 0 Å². The Labute approximate surface area is 81.9 Å². The number of allylic oxidation sites excluding steroid dienone is 4. The third-order valence-electron chi connectivity index (χ3n) is 1.33. The summed E-state index contributed by atoms with van der Waals surface area (Å²) >= 11 is 0. The largest absolute Gasteiger partial charge is 0.147 e. The van der Waals surface area contributed by atoms with E-state index in [1.807, 2.05) is 0 Å². The van der Waals surface area contributed by atoms with E-state index in [-0.39, 0.29) is 31.9 Å². The molecule has 0 N–H and O–H groups in total. The van der Waals surface area contributed by atoms with Gasteiger partial charge in [-0.2, -0.15) is 0 Å². The minimum absolute atomic E-state index is 0. The fourth-order valence-electron chi connectivity index (χ4n) is 0.856. The smallest absolute Gasteiger partial charge is 0 e. The number of halogens is 1. The first-order valence-electron chi connectivity index (χ1n) is 3.30. The molecule has 0 saturated carbocycles. The topological polar surface area (TPSA) is 0 Å². The van der Waals surface area contributed by atoms with Crippen LogP contribution in [0.15, 0.2) is 24.3 Å². The Morgan fingerprint density at radius 1 is 0.600 bits per heavy atom. The molecule has 0 amide bonds. The molecule has 0 aromatic carbocycles. The Hall–Kier alpha value is 0.393. The first-order valence-corrected chi connectivity index (χ1v) is 3.30. The molecule has 0 fully saturated rings. The van der Waals surface area contributed by atoms with Crippen LogP contribution in [-0.4, -0.2) is 0 Å². The van der Waals surface area contributed by atoms with Crippen LogP contribution >= 0.6 is 12.4 Å². The van der Waals surface area contributed by atoms with Gasteiger partial charge in [-0.15, -0.1) is 12.4 Å². The Morgan fingerprint density at radius 3 is 1.00 bits per heavy atom. The molecule has 0 aliphatic heterocycles. The molecule has 61 valence electrons. The van der Waals surface area contributed by atoms with Crippen LogP contribution in [0.5, 0.6) is 0 Å². The zero-order valence-corrected chi connectivity index (χ0v) is 8.33. The molecule has 0 spiro atoms. The van der Waals surface area contributed by atoms with E-state index in [0.29, 0.717) is 0 Å². The summed E-state index contributed by atoms with van der Waals surface area (Å²) in [6.45, 7) is 0. The predicted molar refractivity (Wildman–Crippen MR) is 44.0 cm³/mol. The van der Waals surface area contributed by atoms with Crippen LogP contribution in [-0.2, 0) is 19.5 Å². The van der Waals surface area contributed by atoms with Gasteiger partial charge in [-0.25, -0.2) is 0 Å². The number of hydrogen-bond acceptors (Lipinski definition) is 0. The van der Waals surface area contributed by atoms with Gasteiger partial charge in [-0.05, 0) is 25.7 Å². The van der Waals surface area contributed by atoms with Gasteiger partial charge in [0.05, 0.1) is 0 Å². The van der Waals surface area contributed by atoms with Crippen molar-refractivity contribution in [1.29, 1.82) is 0 Å². The molecule has 2 heteroatoms. The van der Waals surface area contributed by atoms with Crippen molar-refractivity contribution in [2.45, 2.75) is 25.7 Å². The van der Waals surface area contributed by atoms with Crippen molar-refractivity contribution < 1.29 is 19.5 Å². The normalized spacial score (nSPS) is 22.4. The van der Waals surface area contributed by atoms with E-state index >= 15 is 0 Å². The van der Waals surface area contributed by atoms with Gasteiger partial charge in [-0.3, -0.25) is 0 Å². The SMILES string of the molecule is C1=C\CC/C=C\CC/1.Cl.[Rh]. The minimum Gasteiger partial charge on any atom is -0.147 e. The molecule has 0 atom stereocenters. The van der Waals surface area contributed by atoms with E-state index < -0.39 is 0 Å². The van der Waals surface area contributed by atoms with Crippen LogP contribution in [0.25, 0.3) is 0 Å². The molecular weight excluding hydrogens is 234 g/mol. The zero-order chi connectivity index (χ0) is 5.66. The Balaban J connectivity index is 0. The van der Waals surface area contributed by atoms with E-state index in [0.717, 1.165) is 0 Å². The standard InChI is InChI=1S/C8H12.ClH.Rh/c1-2-4-6-8-7-5-3-1;;/h1-2,7-8H,3-6H2;1H;/b2-1-,8-7-;;. The van der Waals surface area contributed by atoms with Crippen LogP contribution in [0.3, 0.4) is 0 Å². The molecule has 0 nitrogen and oxygen atoms in total. The van der Waals surface area contributed by atoms with Crippen LogP contribution in [0.2, 0.25) is 0 Å². The second-order valence-electron chi connectivity index (χ2n) is 2.10. The third kappa shape index (κ3) is 6.51. The average molecular weight is 248 g/mol. The van der Waals surface area contributed by atoms with Crippen molar-refractivity contribution >= 4 is 12.4 Å². The molecule has 0 heterocycles. The van der Waals surface area contributed by atoms with Crippen LogP contribution in [0, 0.1) is 0 Å². The average Bonchev–Trinajstić information content (AvgIpc) is 1.62. The maximum atomic E-state index is 2.27. The zero-order valence-electron chi connectivity index (χ0n) is 5.88. The van der Waals surface area contributed by atoms with E-state index in [1.165, 1.54) is 25.7 Å². The molecule has 10 heavy (non-hydrogen) atoms. The summed E-state index contributed by atoms with van der Waals surface area (Å²) in [6, 6.07) is 0. The molecule has 1 aliphatic carbocycles.